The van der Waals surface area contributed by atoms with Crippen molar-refractivity contribution in [2.75, 3.05) is 13.1 Å². The molecule has 1 amide bonds. The Morgan fingerprint density at radius 3 is 2.67 bits per heavy atom. The van der Waals surface area contributed by atoms with Crippen LogP contribution in [0.3, 0.4) is 0 Å². The van der Waals surface area contributed by atoms with Crippen LogP contribution in [0.25, 0.3) is 5.57 Å². The second kappa shape index (κ2) is 5.36. The molecule has 3 rings (SSSR count). The Morgan fingerprint density at radius 1 is 1.19 bits per heavy atom. The number of nitrogens with one attached hydrogen (secondary N) is 1. The summed E-state index contributed by atoms with van der Waals surface area (Å²) in [5.74, 6) is -0.506. The van der Waals surface area contributed by atoms with Crippen molar-refractivity contribution < 1.29 is 9.18 Å². The number of nitrogens with zero attached hydrogens (tertiary/aromatic N) is 1. The summed E-state index contributed by atoms with van der Waals surface area (Å²) in [5, 5.41) is 0. The highest BCUT2D eigenvalue weighted by Gasteiger charge is 2.22. The van der Waals surface area contributed by atoms with Crippen LogP contribution in [0.15, 0.2) is 53.5 Å². The van der Waals surface area contributed by atoms with Gasteiger partial charge in [-0.25, -0.2) is 4.39 Å². The molecule has 0 spiro atoms. The standard InChI is InChI=1S/C16H13FN2O2/c17-13-3-1-11(2-4-13)12-6-8-19(10-12)16(21)15-9-14(20)5-7-18-15/h1-7,9H,8,10H2,(H,18,20). The zero-order valence-electron chi connectivity index (χ0n) is 11.2. The maximum Gasteiger partial charge on any atom is 0.270 e. The van der Waals surface area contributed by atoms with Gasteiger partial charge in [0.15, 0.2) is 5.43 Å². The van der Waals surface area contributed by atoms with E-state index in [1.807, 2.05) is 6.08 Å². The molecule has 1 aliphatic rings. The fraction of sp³-hybridized carbons (Fsp3) is 0.125. The van der Waals surface area contributed by atoms with E-state index in [9.17, 15) is 14.0 Å². The summed E-state index contributed by atoms with van der Waals surface area (Å²) < 4.78 is 12.9. The molecule has 0 fully saturated rings. The van der Waals surface area contributed by atoms with Gasteiger partial charge in [0, 0.05) is 31.4 Å². The molecule has 0 atom stereocenters. The normalized spacial score (nSPS) is 14.1. The average molecular weight is 284 g/mol. The monoisotopic (exact) mass is 284 g/mol. The third-order valence-electron chi connectivity index (χ3n) is 3.42. The van der Waals surface area contributed by atoms with Crippen molar-refractivity contribution in [3.8, 4) is 0 Å². The smallest absolute Gasteiger partial charge is 0.270 e. The van der Waals surface area contributed by atoms with Crippen LogP contribution >= 0.6 is 0 Å². The van der Waals surface area contributed by atoms with Crippen LogP contribution in [-0.4, -0.2) is 28.9 Å². The highest BCUT2D eigenvalue weighted by atomic mass is 19.1. The Labute approximate surface area is 120 Å². The van der Waals surface area contributed by atoms with Crippen LogP contribution in [0.1, 0.15) is 16.1 Å². The maximum atomic E-state index is 12.9. The van der Waals surface area contributed by atoms with Crippen LogP contribution in [0.2, 0.25) is 0 Å². The van der Waals surface area contributed by atoms with E-state index in [4.69, 9.17) is 0 Å². The molecule has 1 aromatic heterocycles. The quantitative estimate of drug-likeness (QED) is 0.917. The SMILES string of the molecule is O=C(c1cc(=O)cc[nH]1)N1CC=C(c2ccc(F)cc2)C1. The summed E-state index contributed by atoms with van der Waals surface area (Å²) in [6, 6.07) is 8.84. The minimum absolute atomic E-state index is 0.206. The first-order valence-corrected chi connectivity index (χ1v) is 6.56. The number of halogens is 1. The molecule has 5 heteroatoms. The molecular formula is C16H13FN2O2. The Bertz CT molecular complexity index is 762. The lowest BCUT2D eigenvalue weighted by Gasteiger charge is -2.16. The molecule has 106 valence electrons. The van der Waals surface area contributed by atoms with Crippen LogP contribution in [0.5, 0.6) is 0 Å². The van der Waals surface area contributed by atoms with E-state index >= 15 is 0 Å². The Balaban J connectivity index is 1.75. The second-order valence-electron chi connectivity index (χ2n) is 4.86. The zero-order valence-corrected chi connectivity index (χ0v) is 11.2. The van der Waals surface area contributed by atoms with Gasteiger partial charge in [-0.2, -0.15) is 0 Å². The highest BCUT2D eigenvalue weighted by Crippen LogP contribution is 2.22. The van der Waals surface area contributed by atoms with Gasteiger partial charge in [-0.15, -0.1) is 0 Å². The number of carbonyl (C=O) groups excluding carboxylic acids is 1. The van der Waals surface area contributed by atoms with Gasteiger partial charge in [0.2, 0.25) is 0 Å². The lowest BCUT2D eigenvalue weighted by Crippen LogP contribution is -2.30. The third kappa shape index (κ3) is 2.76. The summed E-state index contributed by atoms with van der Waals surface area (Å²) in [6.07, 6.45) is 3.39. The molecular weight excluding hydrogens is 271 g/mol. The van der Waals surface area contributed by atoms with Gasteiger partial charge in [0.1, 0.15) is 11.5 Å². The number of carbonyl (C=O) groups is 1. The number of H-pyrrole nitrogens is 1. The van der Waals surface area contributed by atoms with Gasteiger partial charge in [0.05, 0.1) is 0 Å². The van der Waals surface area contributed by atoms with Crippen molar-refractivity contribution in [1.82, 2.24) is 9.88 Å². The maximum absolute atomic E-state index is 12.9. The van der Waals surface area contributed by atoms with Gasteiger partial charge in [-0.1, -0.05) is 18.2 Å². The van der Waals surface area contributed by atoms with Crippen molar-refractivity contribution in [3.63, 3.8) is 0 Å². The van der Waals surface area contributed by atoms with E-state index in [-0.39, 0.29) is 22.8 Å². The van der Waals surface area contributed by atoms with Crippen LogP contribution in [0.4, 0.5) is 4.39 Å². The second-order valence-corrected chi connectivity index (χ2v) is 4.86. The van der Waals surface area contributed by atoms with Crippen molar-refractivity contribution in [1.29, 1.82) is 0 Å². The molecule has 1 N–H and O–H groups in total. The molecule has 1 aliphatic heterocycles. The number of benzene rings is 1. The van der Waals surface area contributed by atoms with E-state index in [2.05, 4.69) is 4.98 Å². The van der Waals surface area contributed by atoms with Gasteiger partial charge < -0.3 is 9.88 Å². The number of aromatic amines is 1. The van der Waals surface area contributed by atoms with Gasteiger partial charge in [0.25, 0.3) is 5.91 Å². The zero-order chi connectivity index (χ0) is 14.8. The molecule has 2 heterocycles. The summed E-state index contributed by atoms with van der Waals surface area (Å²) in [7, 11) is 0. The molecule has 0 saturated heterocycles. The Morgan fingerprint density at radius 2 is 1.95 bits per heavy atom. The lowest BCUT2D eigenvalue weighted by molar-refractivity contribution is 0.0795. The fourth-order valence-corrected chi connectivity index (χ4v) is 2.32. The molecule has 0 bridgehead atoms. The predicted octanol–water partition coefficient (Wildman–Crippen LogP) is 2.05. The van der Waals surface area contributed by atoms with Gasteiger partial charge >= 0.3 is 0 Å². The molecule has 0 saturated carbocycles. The Hall–Kier alpha value is -2.69. The molecule has 21 heavy (non-hydrogen) atoms. The van der Waals surface area contributed by atoms with Crippen LogP contribution < -0.4 is 5.43 Å². The molecule has 2 aromatic rings. The van der Waals surface area contributed by atoms with E-state index in [1.54, 1.807) is 17.0 Å². The minimum Gasteiger partial charge on any atom is -0.357 e. The first-order chi connectivity index (χ1) is 10.1. The number of amides is 1. The van der Waals surface area contributed by atoms with Crippen molar-refractivity contribution in [2.45, 2.75) is 0 Å². The third-order valence-corrected chi connectivity index (χ3v) is 3.42. The van der Waals surface area contributed by atoms with Gasteiger partial charge in [-0.05, 0) is 23.3 Å². The van der Waals surface area contributed by atoms with Crippen molar-refractivity contribution in [2.24, 2.45) is 0 Å². The number of pyridine rings is 1. The summed E-state index contributed by atoms with van der Waals surface area (Å²) in [6.45, 7) is 0.920. The molecule has 4 nitrogen and oxygen atoms in total. The van der Waals surface area contributed by atoms with E-state index < -0.39 is 0 Å². The lowest BCUT2D eigenvalue weighted by atomic mass is 10.1. The summed E-state index contributed by atoms with van der Waals surface area (Å²) in [5.41, 5.74) is 1.94. The van der Waals surface area contributed by atoms with E-state index in [1.165, 1.54) is 30.5 Å². The number of rotatable bonds is 2. The van der Waals surface area contributed by atoms with Crippen molar-refractivity contribution >= 4 is 11.5 Å². The minimum atomic E-state index is -0.285. The van der Waals surface area contributed by atoms with Crippen LogP contribution in [0, 0.1) is 5.82 Å². The van der Waals surface area contributed by atoms with E-state index in [0.29, 0.717) is 13.1 Å². The molecule has 1 aromatic carbocycles. The highest BCUT2D eigenvalue weighted by molar-refractivity contribution is 5.94. The number of hydrogen-bond donors (Lipinski definition) is 1. The Kier molecular flexibility index (Phi) is 3.39. The first kappa shape index (κ1) is 13.3. The summed E-state index contributed by atoms with van der Waals surface area (Å²) >= 11 is 0. The average Bonchev–Trinajstić information content (AvgIpc) is 2.97. The predicted molar refractivity (Wildman–Crippen MR) is 77.3 cm³/mol. The molecule has 0 aliphatic carbocycles. The topological polar surface area (TPSA) is 53.2 Å². The van der Waals surface area contributed by atoms with Gasteiger partial charge in [-0.3, -0.25) is 9.59 Å². The largest absolute Gasteiger partial charge is 0.357 e. The molecule has 0 radical (unpaired) electrons. The first-order valence-electron chi connectivity index (χ1n) is 6.56. The van der Waals surface area contributed by atoms with Crippen molar-refractivity contribution in [3.05, 3.63) is 76.0 Å². The van der Waals surface area contributed by atoms with E-state index in [0.717, 1.165) is 11.1 Å². The fourth-order valence-electron chi connectivity index (χ4n) is 2.32. The number of aromatic nitrogens is 1. The molecule has 0 unspecified atom stereocenters. The number of hydrogen-bond acceptors (Lipinski definition) is 2. The summed E-state index contributed by atoms with van der Waals surface area (Å²) in [4.78, 5) is 28.0. The van der Waals surface area contributed by atoms with Crippen LogP contribution in [-0.2, 0) is 0 Å².